The van der Waals surface area contributed by atoms with Crippen molar-refractivity contribution < 1.29 is 9.53 Å². The maximum absolute atomic E-state index is 11.4. The van der Waals surface area contributed by atoms with Crippen LogP contribution >= 0.6 is 0 Å². The van der Waals surface area contributed by atoms with E-state index in [1.807, 2.05) is 6.92 Å². The molecule has 4 heteroatoms. The quantitative estimate of drug-likeness (QED) is 0.596. The second-order valence-electron chi connectivity index (χ2n) is 3.74. The minimum Gasteiger partial charge on any atom is -0.360 e. The third-order valence-corrected chi connectivity index (χ3v) is 2.19. The third-order valence-electron chi connectivity index (χ3n) is 2.19. The molecule has 0 aromatic heterocycles. The Bertz CT molecular complexity index is 253. The summed E-state index contributed by atoms with van der Waals surface area (Å²) in [6.07, 6.45) is 4.58. The van der Waals surface area contributed by atoms with Crippen LogP contribution in [0.4, 0.5) is 0 Å². The molecule has 1 unspecified atom stereocenters. The van der Waals surface area contributed by atoms with Gasteiger partial charge in [-0.3, -0.25) is 4.79 Å². The molecule has 78 valence electrons. The van der Waals surface area contributed by atoms with Crippen molar-refractivity contribution in [3.05, 3.63) is 0 Å². The monoisotopic (exact) mass is 196 g/mol. The number of terminal acetylenes is 1. The van der Waals surface area contributed by atoms with Gasteiger partial charge in [-0.05, 0) is 13.8 Å². The van der Waals surface area contributed by atoms with E-state index in [9.17, 15) is 4.79 Å². The van der Waals surface area contributed by atoms with Crippen LogP contribution in [0, 0.1) is 12.3 Å². The molecule has 0 aromatic rings. The van der Waals surface area contributed by atoms with Gasteiger partial charge in [0.25, 0.3) is 0 Å². The molecule has 0 spiro atoms. The number of amides is 1. The first kappa shape index (κ1) is 11.0. The molecule has 1 rings (SSSR count). The van der Waals surface area contributed by atoms with Gasteiger partial charge in [0.15, 0.2) is 0 Å². The summed E-state index contributed by atoms with van der Waals surface area (Å²) in [4.78, 5) is 11.4. The molecule has 1 amide bonds. The Balaban J connectivity index is 2.30. The van der Waals surface area contributed by atoms with Crippen LogP contribution in [0.15, 0.2) is 0 Å². The Morgan fingerprint density at radius 1 is 1.79 bits per heavy atom. The van der Waals surface area contributed by atoms with E-state index >= 15 is 0 Å². The molecule has 1 fully saturated rings. The first-order valence-electron chi connectivity index (χ1n) is 4.67. The minimum atomic E-state index is -0.449. The first-order chi connectivity index (χ1) is 6.57. The van der Waals surface area contributed by atoms with Crippen LogP contribution in [0.25, 0.3) is 0 Å². The number of carbonyl (C=O) groups is 1. The third kappa shape index (κ3) is 2.72. The normalized spacial score (nSPS) is 20.4. The molecule has 0 bridgehead atoms. The molecule has 1 atom stereocenters. The van der Waals surface area contributed by atoms with E-state index in [2.05, 4.69) is 16.6 Å². The average molecular weight is 196 g/mol. The van der Waals surface area contributed by atoms with Gasteiger partial charge in [-0.1, -0.05) is 5.92 Å². The summed E-state index contributed by atoms with van der Waals surface area (Å²) in [6.45, 7) is 5.55. The van der Waals surface area contributed by atoms with Crippen LogP contribution in [0.5, 0.6) is 0 Å². The highest BCUT2D eigenvalue weighted by molar-refractivity contribution is 5.80. The van der Waals surface area contributed by atoms with Gasteiger partial charge < -0.3 is 15.4 Å². The van der Waals surface area contributed by atoms with Crippen molar-refractivity contribution in [2.45, 2.75) is 25.6 Å². The Morgan fingerprint density at radius 2 is 2.43 bits per heavy atom. The van der Waals surface area contributed by atoms with Gasteiger partial charge in [0.1, 0.15) is 6.10 Å². The molecule has 1 aliphatic heterocycles. The van der Waals surface area contributed by atoms with Gasteiger partial charge in [0.05, 0.1) is 12.1 Å². The highest BCUT2D eigenvalue weighted by Crippen LogP contribution is 2.17. The average Bonchev–Trinajstić information content (AvgIpc) is 2.11. The molecule has 0 aromatic carbocycles. The molecule has 0 radical (unpaired) electrons. The van der Waals surface area contributed by atoms with Crippen molar-refractivity contribution >= 4 is 5.91 Å². The molecular formula is C10H16N2O2. The second kappa shape index (κ2) is 4.45. The van der Waals surface area contributed by atoms with Crippen molar-refractivity contribution in [3.63, 3.8) is 0 Å². The lowest BCUT2D eigenvalue weighted by molar-refractivity contribution is -0.149. The van der Waals surface area contributed by atoms with E-state index in [-0.39, 0.29) is 18.1 Å². The van der Waals surface area contributed by atoms with Gasteiger partial charge in [0, 0.05) is 13.1 Å². The summed E-state index contributed by atoms with van der Waals surface area (Å²) < 4.78 is 5.59. The van der Waals surface area contributed by atoms with Gasteiger partial charge in [-0.15, -0.1) is 6.42 Å². The second-order valence-corrected chi connectivity index (χ2v) is 3.74. The van der Waals surface area contributed by atoms with E-state index in [0.29, 0.717) is 0 Å². The number of rotatable bonds is 4. The predicted octanol–water partition coefficient (Wildman–Crippen LogP) is -0.497. The lowest BCUT2D eigenvalue weighted by Crippen LogP contribution is -2.61. The van der Waals surface area contributed by atoms with E-state index in [4.69, 9.17) is 11.2 Å². The molecule has 1 heterocycles. The Morgan fingerprint density at radius 3 is 2.86 bits per heavy atom. The smallest absolute Gasteiger partial charge is 0.249 e. The number of hydrogen-bond acceptors (Lipinski definition) is 3. The lowest BCUT2D eigenvalue weighted by Gasteiger charge is -2.40. The molecule has 14 heavy (non-hydrogen) atoms. The predicted molar refractivity (Wildman–Crippen MR) is 53.7 cm³/mol. The number of carbonyl (C=O) groups excluding carboxylic acids is 1. The van der Waals surface area contributed by atoms with Gasteiger partial charge in [-0.2, -0.15) is 0 Å². The van der Waals surface area contributed by atoms with Crippen molar-refractivity contribution in [1.82, 2.24) is 10.6 Å². The van der Waals surface area contributed by atoms with Crippen LogP contribution in [0.2, 0.25) is 0 Å². The highest BCUT2D eigenvalue weighted by Gasteiger charge is 2.35. The van der Waals surface area contributed by atoms with E-state index < -0.39 is 6.10 Å². The van der Waals surface area contributed by atoms with Crippen molar-refractivity contribution in [1.29, 1.82) is 0 Å². The maximum atomic E-state index is 11.4. The molecule has 2 N–H and O–H groups in total. The Labute approximate surface area is 84.4 Å². The summed E-state index contributed by atoms with van der Waals surface area (Å²) in [5.41, 5.74) is -0.201. The van der Waals surface area contributed by atoms with Crippen LogP contribution in [0.3, 0.4) is 0 Å². The molecule has 0 saturated carbocycles. The summed E-state index contributed by atoms with van der Waals surface area (Å²) in [5, 5.41) is 5.68. The number of ether oxygens (including phenoxy) is 1. The molecule has 1 aliphatic rings. The van der Waals surface area contributed by atoms with Crippen LogP contribution in [-0.2, 0) is 9.53 Å². The first-order valence-corrected chi connectivity index (χ1v) is 4.67. The fourth-order valence-corrected chi connectivity index (χ4v) is 1.32. The Kier molecular flexibility index (Phi) is 3.50. The topological polar surface area (TPSA) is 50.4 Å². The summed E-state index contributed by atoms with van der Waals surface area (Å²) in [5.74, 6) is 2.19. The standard InChI is InChI=1S/C10H16N2O2/c1-4-5-12-9(13)8(2)14-10(3)6-11-7-10/h1,8,11H,5-7H2,2-3H3,(H,12,13). The van der Waals surface area contributed by atoms with Gasteiger partial charge in [-0.25, -0.2) is 0 Å². The zero-order valence-electron chi connectivity index (χ0n) is 8.59. The van der Waals surface area contributed by atoms with Crippen molar-refractivity contribution in [2.24, 2.45) is 0 Å². The highest BCUT2D eigenvalue weighted by atomic mass is 16.5. The van der Waals surface area contributed by atoms with E-state index in [1.54, 1.807) is 6.92 Å². The van der Waals surface area contributed by atoms with Crippen LogP contribution < -0.4 is 10.6 Å². The summed E-state index contributed by atoms with van der Waals surface area (Å²) in [6, 6.07) is 0. The minimum absolute atomic E-state index is 0.156. The molecular weight excluding hydrogens is 180 g/mol. The van der Waals surface area contributed by atoms with E-state index in [0.717, 1.165) is 13.1 Å². The SMILES string of the molecule is C#CCNC(=O)C(C)OC1(C)CNC1. The number of hydrogen-bond donors (Lipinski definition) is 2. The maximum Gasteiger partial charge on any atom is 0.249 e. The van der Waals surface area contributed by atoms with Gasteiger partial charge >= 0.3 is 0 Å². The molecule has 1 saturated heterocycles. The summed E-state index contributed by atoms with van der Waals surface area (Å²) >= 11 is 0. The number of nitrogens with one attached hydrogen (secondary N) is 2. The van der Waals surface area contributed by atoms with Crippen LogP contribution in [0.1, 0.15) is 13.8 Å². The lowest BCUT2D eigenvalue weighted by atomic mass is 10.00. The largest absolute Gasteiger partial charge is 0.360 e. The van der Waals surface area contributed by atoms with Crippen LogP contribution in [-0.4, -0.2) is 37.2 Å². The fraction of sp³-hybridized carbons (Fsp3) is 0.700. The van der Waals surface area contributed by atoms with Crippen molar-refractivity contribution in [2.75, 3.05) is 19.6 Å². The van der Waals surface area contributed by atoms with Gasteiger partial charge in [0.2, 0.25) is 5.91 Å². The zero-order valence-corrected chi connectivity index (χ0v) is 8.59. The van der Waals surface area contributed by atoms with Crippen molar-refractivity contribution in [3.8, 4) is 12.3 Å². The molecule has 0 aliphatic carbocycles. The summed E-state index contributed by atoms with van der Waals surface area (Å²) in [7, 11) is 0. The zero-order chi connectivity index (χ0) is 10.6. The Hall–Kier alpha value is -1.05. The fourth-order valence-electron chi connectivity index (χ4n) is 1.32. The molecule has 4 nitrogen and oxygen atoms in total. The van der Waals surface area contributed by atoms with E-state index in [1.165, 1.54) is 0 Å².